The van der Waals surface area contributed by atoms with Crippen LogP contribution in [0.4, 0.5) is 0 Å². The van der Waals surface area contributed by atoms with Crippen LogP contribution in [-0.2, 0) is 4.74 Å². The molecule has 0 fully saturated rings. The molecule has 1 aromatic carbocycles. The van der Waals surface area contributed by atoms with Gasteiger partial charge in [-0.25, -0.2) is 4.79 Å². The van der Waals surface area contributed by atoms with Crippen molar-refractivity contribution in [2.45, 2.75) is 33.6 Å². The van der Waals surface area contributed by atoms with Crippen LogP contribution in [0.15, 0.2) is 29.1 Å². The Morgan fingerprint density at radius 3 is 2.57 bits per heavy atom. The van der Waals surface area contributed by atoms with Gasteiger partial charge in [-0.05, 0) is 37.0 Å². The molecule has 0 saturated heterocycles. The topological polar surface area (TPSA) is 59.2 Å². The maximum atomic E-state index is 12.3. The first-order valence-electron chi connectivity index (χ1n) is 7.28. The van der Waals surface area contributed by atoms with Crippen molar-refractivity contribution in [1.82, 2.24) is 4.98 Å². The van der Waals surface area contributed by atoms with E-state index in [2.05, 4.69) is 25.8 Å². The molecular formula is C17H21NO3. The van der Waals surface area contributed by atoms with E-state index < -0.39 is 5.97 Å². The van der Waals surface area contributed by atoms with Crippen molar-refractivity contribution in [2.24, 2.45) is 5.92 Å². The largest absolute Gasteiger partial charge is 0.462 e. The molecule has 112 valence electrons. The molecule has 0 radical (unpaired) electrons. The summed E-state index contributed by atoms with van der Waals surface area (Å²) in [5.74, 6) is 0.308. The molecule has 21 heavy (non-hydrogen) atoms. The number of esters is 1. The fraction of sp³-hybridized carbons (Fsp3) is 0.412. The van der Waals surface area contributed by atoms with Crippen LogP contribution < -0.4 is 5.43 Å². The second-order valence-electron chi connectivity index (χ2n) is 5.60. The molecule has 0 aliphatic rings. The number of aromatic nitrogens is 1. The Morgan fingerprint density at radius 1 is 1.24 bits per heavy atom. The summed E-state index contributed by atoms with van der Waals surface area (Å²) in [6.45, 7) is 8.41. The highest BCUT2D eigenvalue weighted by Crippen LogP contribution is 2.22. The average molecular weight is 287 g/mol. The Bertz CT molecular complexity index is 716. The predicted molar refractivity (Wildman–Crippen MR) is 83.8 cm³/mol. The van der Waals surface area contributed by atoms with Gasteiger partial charge in [0.25, 0.3) is 0 Å². The van der Waals surface area contributed by atoms with Crippen molar-refractivity contribution in [3.63, 3.8) is 0 Å². The normalized spacial score (nSPS) is 12.6. The summed E-state index contributed by atoms with van der Waals surface area (Å²) in [4.78, 5) is 27.3. The molecule has 0 saturated carbocycles. The highest BCUT2D eigenvalue weighted by Gasteiger charge is 2.14. The number of hydrogen-bond donors (Lipinski definition) is 1. The number of pyridine rings is 1. The molecule has 0 spiro atoms. The number of ether oxygens (including phenoxy) is 1. The van der Waals surface area contributed by atoms with E-state index in [1.807, 2.05) is 0 Å². The lowest BCUT2D eigenvalue weighted by atomic mass is 9.93. The maximum Gasteiger partial charge on any atom is 0.338 e. The molecule has 1 atom stereocenters. The van der Waals surface area contributed by atoms with Crippen LogP contribution >= 0.6 is 0 Å². The Balaban J connectivity index is 2.51. The number of rotatable bonds is 4. The molecule has 1 aromatic heterocycles. The number of H-pyrrole nitrogens is 1. The summed E-state index contributed by atoms with van der Waals surface area (Å²) in [5.41, 5.74) is 2.00. The second-order valence-corrected chi connectivity index (χ2v) is 5.60. The quantitative estimate of drug-likeness (QED) is 0.876. The van der Waals surface area contributed by atoms with Crippen LogP contribution in [0.5, 0.6) is 0 Å². The first-order valence-corrected chi connectivity index (χ1v) is 7.28. The number of hydrogen-bond acceptors (Lipinski definition) is 3. The Hall–Kier alpha value is -2.10. The molecular weight excluding hydrogens is 266 g/mol. The van der Waals surface area contributed by atoms with Crippen LogP contribution in [0, 0.1) is 5.92 Å². The highest BCUT2D eigenvalue weighted by molar-refractivity contribution is 5.94. The van der Waals surface area contributed by atoms with E-state index in [0.29, 0.717) is 23.5 Å². The number of nitrogens with one attached hydrogen (secondary N) is 1. The lowest BCUT2D eigenvalue weighted by Crippen LogP contribution is -2.12. The van der Waals surface area contributed by atoms with Crippen LogP contribution in [0.1, 0.15) is 49.7 Å². The van der Waals surface area contributed by atoms with Crippen LogP contribution in [0.25, 0.3) is 10.9 Å². The minimum atomic E-state index is -0.404. The summed E-state index contributed by atoms with van der Waals surface area (Å²) in [6.07, 6.45) is 0. The van der Waals surface area contributed by atoms with E-state index in [9.17, 15) is 9.59 Å². The van der Waals surface area contributed by atoms with Crippen molar-refractivity contribution < 1.29 is 9.53 Å². The average Bonchev–Trinajstić information content (AvgIpc) is 2.46. The van der Waals surface area contributed by atoms with Crippen molar-refractivity contribution in [2.75, 3.05) is 6.61 Å². The van der Waals surface area contributed by atoms with Gasteiger partial charge in [0, 0.05) is 22.7 Å². The van der Waals surface area contributed by atoms with Crippen molar-refractivity contribution in [3.8, 4) is 0 Å². The van der Waals surface area contributed by atoms with Gasteiger partial charge in [0.05, 0.1) is 12.2 Å². The maximum absolute atomic E-state index is 12.3. The molecule has 4 heteroatoms. The first-order chi connectivity index (χ1) is 9.93. The number of carbonyl (C=O) groups is 1. The molecule has 2 rings (SSSR count). The lowest BCUT2D eigenvalue weighted by molar-refractivity contribution is 0.0526. The van der Waals surface area contributed by atoms with Gasteiger partial charge >= 0.3 is 5.97 Å². The van der Waals surface area contributed by atoms with Gasteiger partial charge in [0.2, 0.25) is 0 Å². The van der Waals surface area contributed by atoms with Crippen LogP contribution in [0.3, 0.4) is 0 Å². The minimum absolute atomic E-state index is 0.0719. The lowest BCUT2D eigenvalue weighted by Gasteiger charge is -2.16. The first kappa shape index (κ1) is 15.3. The Morgan fingerprint density at radius 2 is 1.95 bits per heavy atom. The zero-order valence-electron chi connectivity index (χ0n) is 12.9. The summed E-state index contributed by atoms with van der Waals surface area (Å²) < 4.78 is 4.96. The number of benzene rings is 1. The van der Waals surface area contributed by atoms with Gasteiger partial charge in [0.1, 0.15) is 0 Å². The SMILES string of the molecule is CCOC(=O)c1ccc2[nH]c(C(C)C(C)C)cc(=O)c2c1. The zero-order valence-corrected chi connectivity index (χ0v) is 12.9. The fourth-order valence-electron chi connectivity index (χ4n) is 2.21. The summed E-state index contributed by atoms with van der Waals surface area (Å²) in [5, 5.41) is 0.514. The summed E-state index contributed by atoms with van der Waals surface area (Å²) >= 11 is 0. The predicted octanol–water partition coefficient (Wildman–Crippen LogP) is 3.46. The second kappa shape index (κ2) is 6.12. The molecule has 0 amide bonds. The van der Waals surface area contributed by atoms with Gasteiger partial charge in [0.15, 0.2) is 5.43 Å². The molecule has 1 N–H and O–H groups in total. The summed E-state index contributed by atoms with van der Waals surface area (Å²) in [7, 11) is 0. The molecule has 1 heterocycles. The van der Waals surface area contributed by atoms with Crippen molar-refractivity contribution in [1.29, 1.82) is 0 Å². The van der Waals surface area contributed by atoms with Crippen molar-refractivity contribution >= 4 is 16.9 Å². The van der Waals surface area contributed by atoms with Gasteiger partial charge in [-0.15, -0.1) is 0 Å². The van der Waals surface area contributed by atoms with Crippen LogP contribution in [-0.4, -0.2) is 17.6 Å². The molecule has 1 unspecified atom stereocenters. The van der Waals surface area contributed by atoms with Crippen LogP contribution in [0.2, 0.25) is 0 Å². The van der Waals surface area contributed by atoms with Gasteiger partial charge in [-0.1, -0.05) is 20.8 Å². The Labute approximate surface area is 124 Å². The molecule has 4 nitrogen and oxygen atoms in total. The number of fused-ring (bicyclic) bond motifs is 1. The third kappa shape index (κ3) is 3.15. The monoisotopic (exact) mass is 287 g/mol. The molecule has 0 aliphatic carbocycles. The molecule has 0 aliphatic heterocycles. The smallest absolute Gasteiger partial charge is 0.338 e. The van der Waals surface area contributed by atoms with Gasteiger partial charge in [-0.2, -0.15) is 0 Å². The van der Waals surface area contributed by atoms with E-state index in [1.165, 1.54) is 0 Å². The van der Waals surface area contributed by atoms with E-state index >= 15 is 0 Å². The minimum Gasteiger partial charge on any atom is -0.462 e. The molecule has 2 aromatic rings. The third-order valence-corrected chi connectivity index (χ3v) is 3.85. The fourth-order valence-corrected chi connectivity index (χ4v) is 2.21. The Kier molecular flexibility index (Phi) is 4.46. The van der Waals surface area contributed by atoms with Gasteiger partial charge < -0.3 is 9.72 Å². The summed E-state index contributed by atoms with van der Waals surface area (Å²) in [6, 6.07) is 6.66. The highest BCUT2D eigenvalue weighted by atomic mass is 16.5. The number of carbonyl (C=O) groups excluding carboxylic acids is 1. The van der Waals surface area contributed by atoms with E-state index in [1.54, 1.807) is 31.2 Å². The van der Waals surface area contributed by atoms with Gasteiger partial charge in [-0.3, -0.25) is 4.79 Å². The molecule has 0 bridgehead atoms. The van der Waals surface area contributed by atoms with E-state index in [-0.39, 0.29) is 11.3 Å². The van der Waals surface area contributed by atoms with E-state index in [0.717, 1.165) is 11.2 Å². The zero-order chi connectivity index (χ0) is 15.6. The standard InChI is InChI=1S/C17H21NO3/c1-5-21-17(20)12-6-7-14-13(8-12)16(19)9-15(18-14)11(4)10(2)3/h6-11H,5H2,1-4H3,(H,18,19). The third-order valence-electron chi connectivity index (χ3n) is 3.85. The van der Waals surface area contributed by atoms with Crippen molar-refractivity contribution in [3.05, 3.63) is 45.7 Å². The van der Waals surface area contributed by atoms with E-state index in [4.69, 9.17) is 4.74 Å². The number of aromatic amines is 1.